The van der Waals surface area contributed by atoms with Gasteiger partial charge in [0.05, 0.1) is 30.4 Å². The number of β-amino-alcohol motifs (C(OH)–C–C–N with tert-alkyl or cyclic N) is 1. The molecular formula is C13H15N3O2. The number of hydrogen-bond donors (Lipinski definition) is 2. The molecule has 1 aromatic heterocycles. The molecule has 3 rings (SSSR count). The van der Waals surface area contributed by atoms with Crippen LogP contribution in [0.2, 0.25) is 0 Å². The molecular weight excluding hydrogens is 230 g/mol. The lowest BCUT2D eigenvalue weighted by Crippen LogP contribution is -2.63. The summed E-state index contributed by atoms with van der Waals surface area (Å²) in [6.45, 7) is 2.77. The van der Waals surface area contributed by atoms with E-state index in [2.05, 4.69) is 10.2 Å². The Hall–Kier alpha value is -1.88. The SMILES string of the molecule is CCC1(O)CN(C(=O)c2ccc3[nH]ncc3c2)C1. The number of nitrogens with zero attached hydrogens (tertiary/aromatic N) is 2. The summed E-state index contributed by atoms with van der Waals surface area (Å²) < 4.78 is 0. The summed E-state index contributed by atoms with van der Waals surface area (Å²) in [7, 11) is 0. The quantitative estimate of drug-likeness (QED) is 0.834. The third-order valence-corrected chi connectivity index (χ3v) is 3.60. The van der Waals surface area contributed by atoms with E-state index >= 15 is 0 Å². The van der Waals surface area contributed by atoms with Gasteiger partial charge < -0.3 is 10.0 Å². The molecule has 0 spiro atoms. The zero-order valence-corrected chi connectivity index (χ0v) is 10.2. The molecule has 0 unspecified atom stereocenters. The maximum absolute atomic E-state index is 12.2. The molecule has 18 heavy (non-hydrogen) atoms. The van der Waals surface area contributed by atoms with E-state index < -0.39 is 5.60 Å². The molecule has 5 heteroatoms. The van der Waals surface area contributed by atoms with E-state index in [1.54, 1.807) is 17.2 Å². The summed E-state index contributed by atoms with van der Waals surface area (Å²) in [6, 6.07) is 5.46. The van der Waals surface area contributed by atoms with Crippen LogP contribution < -0.4 is 0 Å². The van der Waals surface area contributed by atoms with Crippen LogP contribution in [0.25, 0.3) is 10.9 Å². The van der Waals surface area contributed by atoms with Gasteiger partial charge in [-0.05, 0) is 24.6 Å². The zero-order valence-electron chi connectivity index (χ0n) is 10.2. The Labute approximate surface area is 104 Å². The Kier molecular flexibility index (Phi) is 2.38. The molecule has 1 aromatic carbocycles. The van der Waals surface area contributed by atoms with Gasteiger partial charge >= 0.3 is 0 Å². The zero-order chi connectivity index (χ0) is 12.8. The molecule has 1 saturated heterocycles. The Morgan fingerprint density at radius 1 is 1.56 bits per heavy atom. The van der Waals surface area contributed by atoms with Crippen LogP contribution in [-0.4, -0.2) is 44.8 Å². The highest BCUT2D eigenvalue weighted by Gasteiger charge is 2.42. The van der Waals surface area contributed by atoms with Crippen molar-refractivity contribution in [2.24, 2.45) is 0 Å². The molecule has 0 atom stereocenters. The Bertz CT molecular complexity index is 599. The minimum Gasteiger partial charge on any atom is -0.386 e. The second kappa shape index (κ2) is 3.81. The Morgan fingerprint density at radius 3 is 3.06 bits per heavy atom. The molecule has 0 saturated carbocycles. The fraction of sp³-hybridized carbons (Fsp3) is 0.385. The van der Waals surface area contributed by atoms with Crippen LogP contribution >= 0.6 is 0 Å². The smallest absolute Gasteiger partial charge is 0.254 e. The maximum atomic E-state index is 12.2. The highest BCUT2D eigenvalue weighted by atomic mass is 16.3. The molecule has 2 aromatic rings. The number of amides is 1. The highest BCUT2D eigenvalue weighted by Crippen LogP contribution is 2.26. The van der Waals surface area contributed by atoms with Gasteiger partial charge in [0.25, 0.3) is 5.91 Å². The number of likely N-dealkylation sites (tertiary alicyclic amines) is 1. The summed E-state index contributed by atoms with van der Waals surface area (Å²) in [6.07, 6.45) is 2.38. The minimum atomic E-state index is -0.685. The second-order valence-electron chi connectivity index (χ2n) is 4.91. The first-order valence-electron chi connectivity index (χ1n) is 6.06. The van der Waals surface area contributed by atoms with Gasteiger partial charge in [0.1, 0.15) is 0 Å². The Morgan fingerprint density at radius 2 is 2.33 bits per heavy atom. The summed E-state index contributed by atoms with van der Waals surface area (Å²) in [5.74, 6) is -0.0313. The van der Waals surface area contributed by atoms with E-state index in [0.717, 1.165) is 10.9 Å². The molecule has 2 heterocycles. The van der Waals surface area contributed by atoms with Crippen molar-refractivity contribution >= 4 is 16.8 Å². The lowest BCUT2D eigenvalue weighted by molar-refractivity contribution is -0.0826. The van der Waals surface area contributed by atoms with E-state index in [-0.39, 0.29) is 5.91 Å². The molecule has 1 aliphatic heterocycles. The van der Waals surface area contributed by atoms with Gasteiger partial charge in [-0.25, -0.2) is 0 Å². The summed E-state index contributed by atoms with van der Waals surface area (Å²) in [4.78, 5) is 13.9. The molecule has 94 valence electrons. The number of carbonyl (C=O) groups is 1. The average Bonchev–Trinajstić information content (AvgIpc) is 2.81. The predicted octanol–water partition coefficient (Wildman–Crippen LogP) is 1.16. The number of aliphatic hydroxyl groups is 1. The number of benzene rings is 1. The number of hydrogen-bond acceptors (Lipinski definition) is 3. The lowest BCUT2D eigenvalue weighted by Gasteiger charge is -2.46. The standard InChI is InChI=1S/C13H15N3O2/c1-2-13(18)7-16(8-13)12(17)9-3-4-11-10(5-9)6-14-15-11/h3-6,18H,2,7-8H2,1H3,(H,14,15). The van der Waals surface area contributed by atoms with E-state index in [9.17, 15) is 9.90 Å². The van der Waals surface area contributed by atoms with Gasteiger partial charge in [-0.3, -0.25) is 9.89 Å². The van der Waals surface area contributed by atoms with E-state index in [1.807, 2.05) is 19.1 Å². The van der Waals surface area contributed by atoms with Gasteiger partial charge in [0.15, 0.2) is 0 Å². The van der Waals surface area contributed by atoms with Crippen LogP contribution in [0, 0.1) is 0 Å². The number of aromatic nitrogens is 2. The summed E-state index contributed by atoms with van der Waals surface area (Å²) in [5, 5.41) is 17.6. The lowest BCUT2D eigenvalue weighted by atomic mass is 9.90. The largest absolute Gasteiger partial charge is 0.386 e. The normalized spacial score (nSPS) is 17.8. The van der Waals surface area contributed by atoms with Crippen molar-refractivity contribution < 1.29 is 9.90 Å². The van der Waals surface area contributed by atoms with Crippen molar-refractivity contribution in [1.29, 1.82) is 0 Å². The minimum absolute atomic E-state index is 0.0313. The number of carbonyl (C=O) groups excluding carboxylic acids is 1. The number of rotatable bonds is 2. The van der Waals surface area contributed by atoms with Crippen LogP contribution in [-0.2, 0) is 0 Å². The van der Waals surface area contributed by atoms with Crippen LogP contribution in [0.4, 0.5) is 0 Å². The first kappa shape index (κ1) is 11.2. The Balaban J connectivity index is 1.81. The molecule has 0 radical (unpaired) electrons. The van der Waals surface area contributed by atoms with Crippen molar-refractivity contribution in [3.63, 3.8) is 0 Å². The molecule has 1 aliphatic rings. The monoisotopic (exact) mass is 245 g/mol. The topological polar surface area (TPSA) is 69.2 Å². The first-order valence-corrected chi connectivity index (χ1v) is 6.06. The first-order chi connectivity index (χ1) is 8.61. The van der Waals surface area contributed by atoms with E-state index in [1.165, 1.54) is 0 Å². The number of fused-ring (bicyclic) bond motifs is 1. The van der Waals surface area contributed by atoms with Crippen molar-refractivity contribution in [2.75, 3.05) is 13.1 Å². The van der Waals surface area contributed by atoms with Crippen LogP contribution in [0.1, 0.15) is 23.7 Å². The van der Waals surface area contributed by atoms with Crippen molar-refractivity contribution in [3.05, 3.63) is 30.0 Å². The van der Waals surface area contributed by atoms with Crippen molar-refractivity contribution in [1.82, 2.24) is 15.1 Å². The van der Waals surface area contributed by atoms with E-state index in [4.69, 9.17) is 0 Å². The van der Waals surface area contributed by atoms with Gasteiger partial charge in [-0.1, -0.05) is 6.92 Å². The van der Waals surface area contributed by atoms with Gasteiger partial charge in [0.2, 0.25) is 0 Å². The molecule has 2 N–H and O–H groups in total. The van der Waals surface area contributed by atoms with Gasteiger partial charge in [-0.2, -0.15) is 5.10 Å². The van der Waals surface area contributed by atoms with Gasteiger partial charge in [0, 0.05) is 10.9 Å². The summed E-state index contributed by atoms with van der Waals surface area (Å²) in [5.41, 5.74) is 0.873. The van der Waals surface area contributed by atoms with Crippen LogP contribution in [0.5, 0.6) is 0 Å². The number of H-pyrrole nitrogens is 1. The number of nitrogens with one attached hydrogen (secondary N) is 1. The maximum Gasteiger partial charge on any atom is 0.254 e. The molecule has 1 fully saturated rings. The third-order valence-electron chi connectivity index (χ3n) is 3.60. The van der Waals surface area contributed by atoms with Crippen LogP contribution in [0.3, 0.4) is 0 Å². The fourth-order valence-electron chi connectivity index (χ4n) is 2.29. The van der Waals surface area contributed by atoms with Crippen LogP contribution in [0.15, 0.2) is 24.4 Å². The molecule has 0 bridgehead atoms. The van der Waals surface area contributed by atoms with Gasteiger partial charge in [-0.15, -0.1) is 0 Å². The van der Waals surface area contributed by atoms with E-state index in [0.29, 0.717) is 25.1 Å². The molecule has 5 nitrogen and oxygen atoms in total. The van der Waals surface area contributed by atoms with Crippen molar-refractivity contribution in [3.8, 4) is 0 Å². The summed E-state index contributed by atoms with van der Waals surface area (Å²) >= 11 is 0. The number of aromatic amines is 1. The third kappa shape index (κ3) is 1.67. The van der Waals surface area contributed by atoms with Crippen molar-refractivity contribution in [2.45, 2.75) is 18.9 Å². The predicted molar refractivity (Wildman–Crippen MR) is 67.2 cm³/mol. The second-order valence-corrected chi connectivity index (χ2v) is 4.91. The molecule has 1 amide bonds. The highest BCUT2D eigenvalue weighted by molar-refractivity contribution is 5.98. The fourth-order valence-corrected chi connectivity index (χ4v) is 2.29. The average molecular weight is 245 g/mol. The molecule has 0 aliphatic carbocycles.